The molecule has 174 valence electrons. The number of nitrogens with zero attached hydrogens (tertiary/aromatic N) is 3. The first-order valence-corrected chi connectivity index (χ1v) is 11.8. The summed E-state index contributed by atoms with van der Waals surface area (Å²) in [7, 11) is 0. The minimum atomic E-state index is -0.835. The average molecular weight is 477 g/mol. The molecule has 0 aliphatic heterocycles. The Bertz CT molecular complexity index is 1270. The SMILES string of the molecule is Cc1cc(-n2cc(Cl)cn2)cc(C)c1C1C(=O)CC(CC(=O)NC2(c3ccccn3)CC2)C1=O. The van der Waals surface area contributed by atoms with Crippen molar-refractivity contribution in [2.75, 3.05) is 0 Å². The van der Waals surface area contributed by atoms with Crippen LogP contribution in [-0.4, -0.2) is 32.2 Å². The fourth-order valence-electron chi connectivity index (χ4n) is 5.07. The van der Waals surface area contributed by atoms with Gasteiger partial charge >= 0.3 is 0 Å². The first kappa shape index (κ1) is 22.5. The molecule has 3 aromatic rings. The van der Waals surface area contributed by atoms with Gasteiger partial charge in [0.25, 0.3) is 0 Å². The zero-order valence-electron chi connectivity index (χ0n) is 19.0. The van der Waals surface area contributed by atoms with E-state index in [-0.39, 0.29) is 30.3 Å². The number of ketones is 2. The maximum Gasteiger partial charge on any atom is 0.221 e. The number of hydrogen-bond acceptors (Lipinski definition) is 5. The van der Waals surface area contributed by atoms with Gasteiger partial charge in [0.15, 0.2) is 5.78 Å². The Kier molecular flexibility index (Phi) is 5.60. The molecule has 0 bridgehead atoms. The van der Waals surface area contributed by atoms with E-state index in [0.717, 1.165) is 40.9 Å². The summed E-state index contributed by atoms with van der Waals surface area (Å²) in [4.78, 5) is 43.5. The monoisotopic (exact) mass is 476 g/mol. The van der Waals surface area contributed by atoms with Gasteiger partial charge in [0.2, 0.25) is 5.91 Å². The molecule has 2 atom stereocenters. The Hall–Kier alpha value is -3.32. The van der Waals surface area contributed by atoms with E-state index < -0.39 is 17.4 Å². The van der Waals surface area contributed by atoms with Gasteiger partial charge in [-0.2, -0.15) is 5.10 Å². The Balaban J connectivity index is 1.32. The second kappa shape index (κ2) is 8.47. The average Bonchev–Trinajstić information content (AvgIpc) is 3.36. The summed E-state index contributed by atoms with van der Waals surface area (Å²) < 4.78 is 1.66. The molecule has 0 radical (unpaired) electrons. The summed E-state index contributed by atoms with van der Waals surface area (Å²) in [5.41, 5.74) is 3.61. The summed E-state index contributed by atoms with van der Waals surface area (Å²) in [6.07, 6.45) is 6.71. The van der Waals surface area contributed by atoms with Crippen molar-refractivity contribution in [2.45, 2.75) is 51.0 Å². The molecular formula is C26H25ClN4O3. The Morgan fingerprint density at radius 3 is 2.53 bits per heavy atom. The van der Waals surface area contributed by atoms with Crippen molar-refractivity contribution in [3.63, 3.8) is 0 Å². The summed E-state index contributed by atoms with van der Waals surface area (Å²) in [6, 6.07) is 9.44. The van der Waals surface area contributed by atoms with Gasteiger partial charge in [-0.05, 0) is 67.6 Å². The summed E-state index contributed by atoms with van der Waals surface area (Å²) in [5.74, 6) is -1.97. The normalized spacial score (nSPS) is 21.0. The van der Waals surface area contributed by atoms with Crippen LogP contribution in [0.4, 0.5) is 0 Å². The molecule has 2 saturated carbocycles. The number of aromatic nitrogens is 3. The number of aryl methyl sites for hydroxylation is 2. The minimum Gasteiger partial charge on any atom is -0.345 e. The highest BCUT2D eigenvalue weighted by Gasteiger charge is 2.48. The molecule has 34 heavy (non-hydrogen) atoms. The lowest BCUT2D eigenvalue weighted by Gasteiger charge is -2.19. The van der Waals surface area contributed by atoms with Gasteiger partial charge in [0.05, 0.1) is 28.1 Å². The minimum absolute atomic E-state index is 0.0115. The third-order valence-electron chi connectivity index (χ3n) is 6.85. The van der Waals surface area contributed by atoms with Gasteiger partial charge in [-0.3, -0.25) is 19.4 Å². The number of rotatable bonds is 6. The van der Waals surface area contributed by atoms with Crippen molar-refractivity contribution in [1.82, 2.24) is 20.1 Å². The molecule has 2 heterocycles. The molecule has 2 unspecified atom stereocenters. The molecule has 2 aliphatic rings. The topological polar surface area (TPSA) is 93.9 Å². The smallest absolute Gasteiger partial charge is 0.221 e. The summed E-state index contributed by atoms with van der Waals surface area (Å²) >= 11 is 5.99. The molecule has 1 amide bonds. The first-order valence-electron chi connectivity index (χ1n) is 11.4. The Morgan fingerprint density at radius 1 is 1.21 bits per heavy atom. The van der Waals surface area contributed by atoms with Crippen LogP contribution in [0.25, 0.3) is 5.69 Å². The summed E-state index contributed by atoms with van der Waals surface area (Å²) in [5, 5.41) is 7.82. The quantitative estimate of drug-likeness (QED) is 0.543. The standard InChI is InChI=1S/C26H25ClN4O3/c1-15-9-19(31-14-18(27)13-29-31)10-16(2)23(15)24-20(32)11-17(25(24)34)12-22(33)30-26(6-7-26)21-5-3-4-8-28-21/h3-5,8-10,13-14,17,24H,6-7,11-12H2,1-2H3,(H,30,33). The molecule has 2 aromatic heterocycles. The van der Waals surface area contributed by atoms with Gasteiger partial charge in [0.1, 0.15) is 11.7 Å². The maximum absolute atomic E-state index is 13.3. The highest BCUT2D eigenvalue weighted by Crippen LogP contribution is 2.45. The van der Waals surface area contributed by atoms with Gasteiger partial charge < -0.3 is 5.32 Å². The third kappa shape index (κ3) is 4.05. The van der Waals surface area contributed by atoms with Crippen LogP contribution in [0, 0.1) is 19.8 Å². The second-order valence-corrected chi connectivity index (χ2v) is 9.78. The van der Waals surface area contributed by atoms with Crippen molar-refractivity contribution >= 4 is 29.1 Å². The molecule has 2 aliphatic carbocycles. The molecule has 2 fully saturated rings. The highest BCUT2D eigenvalue weighted by atomic mass is 35.5. The van der Waals surface area contributed by atoms with E-state index in [1.165, 1.54) is 0 Å². The van der Waals surface area contributed by atoms with E-state index in [1.54, 1.807) is 23.3 Å². The van der Waals surface area contributed by atoms with Crippen LogP contribution in [0.2, 0.25) is 5.02 Å². The van der Waals surface area contributed by atoms with E-state index >= 15 is 0 Å². The van der Waals surface area contributed by atoms with E-state index in [2.05, 4.69) is 15.4 Å². The predicted octanol–water partition coefficient (Wildman–Crippen LogP) is 3.97. The van der Waals surface area contributed by atoms with E-state index in [9.17, 15) is 14.4 Å². The molecular weight excluding hydrogens is 452 g/mol. The van der Waals surface area contributed by atoms with E-state index in [4.69, 9.17) is 11.6 Å². The second-order valence-electron chi connectivity index (χ2n) is 9.35. The number of carbonyl (C=O) groups is 3. The van der Waals surface area contributed by atoms with Crippen molar-refractivity contribution in [3.05, 3.63) is 76.3 Å². The number of pyridine rings is 1. The van der Waals surface area contributed by atoms with E-state index in [1.807, 2.05) is 44.2 Å². The Morgan fingerprint density at radius 2 is 1.94 bits per heavy atom. The van der Waals surface area contributed by atoms with E-state index in [0.29, 0.717) is 5.02 Å². The number of carbonyl (C=O) groups excluding carboxylic acids is 3. The molecule has 1 N–H and O–H groups in total. The largest absolute Gasteiger partial charge is 0.345 e. The maximum atomic E-state index is 13.3. The van der Waals surface area contributed by atoms with Crippen LogP contribution < -0.4 is 5.32 Å². The first-order chi connectivity index (χ1) is 16.3. The molecule has 0 spiro atoms. The van der Waals surface area contributed by atoms with Crippen molar-refractivity contribution < 1.29 is 14.4 Å². The van der Waals surface area contributed by atoms with Crippen LogP contribution in [0.15, 0.2) is 48.9 Å². The van der Waals surface area contributed by atoms with Crippen LogP contribution in [0.5, 0.6) is 0 Å². The van der Waals surface area contributed by atoms with Crippen LogP contribution in [0.3, 0.4) is 0 Å². The van der Waals surface area contributed by atoms with Crippen LogP contribution in [0.1, 0.15) is 54.0 Å². The van der Waals surface area contributed by atoms with Gasteiger partial charge in [-0.1, -0.05) is 17.7 Å². The van der Waals surface area contributed by atoms with Gasteiger partial charge in [0, 0.05) is 31.2 Å². The Labute approximate surface area is 202 Å². The van der Waals surface area contributed by atoms with Crippen LogP contribution >= 0.6 is 11.6 Å². The molecule has 7 nitrogen and oxygen atoms in total. The lowest BCUT2D eigenvalue weighted by molar-refractivity contribution is -0.129. The number of benzene rings is 1. The molecule has 0 saturated heterocycles. The fraction of sp³-hybridized carbons (Fsp3) is 0.346. The van der Waals surface area contributed by atoms with Crippen molar-refractivity contribution in [2.24, 2.45) is 5.92 Å². The third-order valence-corrected chi connectivity index (χ3v) is 7.05. The van der Waals surface area contributed by atoms with Crippen LogP contribution in [-0.2, 0) is 19.9 Å². The number of Topliss-reactive ketones (excluding diaryl/α,β-unsaturated/α-hetero) is 2. The number of hydrogen-bond donors (Lipinski definition) is 1. The predicted molar refractivity (Wildman–Crippen MR) is 127 cm³/mol. The zero-order chi connectivity index (χ0) is 24.0. The number of halogens is 1. The van der Waals surface area contributed by atoms with Crippen molar-refractivity contribution in [3.8, 4) is 5.69 Å². The fourth-order valence-corrected chi connectivity index (χ4v) is 5.21. The van der Waals surface area contributed by atoms with Crippen molar-refractivity contribution in [1.29, 1.82) is 0 Å². The highest BCUT2D eigenvalue weighted by molar-refractivity contribution is 6.30. The molecule has 5 rings (SSSR count). The van der Waals surface area contributed by atoms with Gasteiger partial charge in [-0.25, -0.2) is 4.68 Å². The molecule has 8 heteroatoms. The summed E-state index contributed by atoms with van der Waals surface area (Å²) in [6.45, 7) is 3.78. The lowest BCUT2D eigenvalue weighted by atomic mass is 9.87. The number of nitrogens with one attached hydrogen (secondary N) is 1. The lowest BCUT2D eigenvalue weighted by Crippen LogP contribution is -2.37. The number of amides is 1. The zero-order valence-corrected chi connectivity index (χ0v) is 19.8. The van der Waals surface area contributed by atoms with Gasteiger partial charge in [-0.15, -0.1) is 0 Å². The molecule has 1 aromatic carbocycles.